The Balaban J connectivity index is 1.40. The first-order valence-electron chi connectivity index (χ1n) is 9.77. The number of nitrogens with zero attached hydrogens (tertiary/aromatic N) is 3. The molecule has 2 heterocycles. The average molecular weight is 406 g/mol. The maximum Gasteiger partial charge on any atom is 0.263 e. The fourth-order valence-electron chi connectivity index (χ4n) is 3.42. The van der Waals surface area contributed by atoms with E-state index in [0.29, 0.717) is 36.1 Å². The molecule has 0 bridgehead atoms. The van der Waals surface area contributed by atoms with Gasteiger partial charge in [0.05, 0.1) is 17.5 Å². The highest BCUT2D eigenvalue weighted by Gasteiger charge is 2.29. The number of benzene rings is 2. The second-order valence-electron chi connectivity index (χ2n) is 7.20. The first kappa shape index (κ1) is 19.6. The summed E-state index contributed by atoms with van der Waals surface area (Å²) in [6.45, 7) is 2.00. The predicted molar refractivity (Wildman–Crippen MR) is 114 cm³/mol. The topological polar surface area (TPSA) is 93.5 Å². The number of hydrogen-bond donors (Lipinski definition) is 1. The number of anilines is 2. The molecule has 1 aliphatic rings. The Morgan fingerprint density at radius 1 is 1.20 bits per heavy atom. The Hall–Kier alpha value is -3.68. The standard InChI is InChI=1S/C22H22N4O4/c1-14-20(28)24-22-23-18-11-10-16(13-17(18)21(29)26(14)22)30-12-6-9-19(27)25(2)15-7-4-3-5-8-15/h3-5,7-8,10-11,13-14H,6,9,12H2,1-2H3,(H,23,24,28). The molecule has 0 aliphatic carbocycles. The van der Waals surface area contributed by atoms with Crippen LogP contribution in [0.1, 0.15) is 25.8 Å². The Labute approximate surface area is 173 Å². The Morgan fingerprint density at radius 2 is 1.97 bits per heavy atom. The highest BCUT2D eigenvalue weighted by atomic mass is 16.5. The summed E-state index contributed by atoms with van der Waals surface area (Å²) in [6, 6.07) is 13.9. The molecule has 3 aromatic rings. The fourth-order valence-corrected chi connectivity index (χ4v) is 3.42. The second-order valence-corrected chi connectivity index (χ2v) is 7.20. The van der Waals surface area contributed by atoms with Crippen LogP contribution in [0.4, 0.5) is 11.6 Å². The lowest BCUT2D eigenvalue weighted by Gasteiger charge is -2.17. The van der Waals surface area contributed by atoms with E-state index in [2.05, 4.69) is 10.3 Å². The normalized spacial score (nSPS) is 15.0. The molecule has 1 aliphatic heterocycles. The van der Waals surface area contributed by atoms with Gasteiger partial charge in [-0.15, -0.1) is 0 Å². The van der Waals surface area contributed by atoms with Gasteiger partial charge in [0, 0.05) is 19.2 Å². The quantitative estimate of drug-likeness (QED) is 0.636. The number of rotatable bonds is 6. The molecule has 0 saturated heterocycles. The Kier molecular flexibility index (Phi) is 5.22. The average Bonchev–Trinajstić information content (AvgIpc) is 3.05. The number of nitrogens with one attached hydrogen (secondary N) is 1. The summed E-state index contributed by atoms with van der Waals surface area (Å²) >= 11 is 0. The third kappa shape index (κ3) is 3.63. The maximum absolute atomic E-state index is 12.8. The van der Waals surface area contributed by atoms with Gasteiger partial charge in [-0.3, -0.25) is 24.3 Å². The highest BCUT2D eigenvalue weighted by Crippen LogP contribution is 2.24. The molecule has 30 heavy (non-hydrogen) atoms. The lowest BCUT2D eigenvalue weighted by molar-refractivity contribution is -0.119. The van der Waals surface area contributed by atoms with Crippen LogP contribution >= 0.6 is 0 Å². The molecular formula is C22H22N4O4. The summed E-state index contributed by atoms with van der Waals surface area (Å²) < 4.78 is 7.10. The van der Waals surface area contributed by atoms with Gasteiger partial charge < -0.3 is 9.64 Å². The van der Waals surface area contributed by atoms with Crippen molar-refractivity contribution in [3.05, 3.63) is 58.9 Å². The van der Waals surface area contributed by atoms with E-state index in [-0.39, 0.29) is 23.3 Å². The van der Waals surface area contributed by atoms with E-state index in [9.17, 15) is 14.4 Å². The fraction of sp³-hybridized carbons (Fsp3) is 0.273. The molecule has 4 rings (SSSR count). The van der Waals surface area contributed by atoms with Crippen molar-refractivity contribution >= 4 is 34.4 Å². The number of carbonyl (C=O) groups excluding carboxylic acids is 2. The van der Waals surface area contributed by atoms with Gasteiger partial charge in [-0.1, -0.05) is 18.2 Å². The number of hydrogen-bond acceptors (Lipinski definition) is 5. The molecular weight excluding hydrogens is 384 g/mol. The van der Waals surface area contributed by atoms with E-state index in [1.54, 1.807) is 37.1 Å². The minimum Gasteiger partial charge on any atom is -0.494 e. The zero-order valence-electron chi connectivity index (χ0n) is 16.8. The van der Waals surface area contributed by atoms with Crippen molar-refractivity contribution in [2.45, 2.75) is 25.8 Å². The van der Waals surface area contributed by atoms with E-state index in [1.807, 2.05) is 30.3 Å². The smallest absolute Gasteiger partial charge is 0.263 e. The third-order valence-corrected chi connectivity index (χ3v) is 5.19. The molecule has 1 N–H and O–H groups in total. The summed E-state index contributed by atoms with van der Waals surface area (Å²) in [5.74, 6) is 0.541. The van der Waals surface area contributed by atoms with Crippen molar-refractivity contribution in [2.75, 3.05) is 23.9 Å². The van der Waals surface area contributed by atoms with Crippen molar-refractivity contribution < 1.29 is 14.3 Å². The molecule has 8 heteroatoms. The minimum atomic E-state index is -0.596. The first-order chi connectivity index (χ1) is 14.5. The summed E-state index contributed by atoms with van der Waals surface area (Å²) in [4.78, 5) is 42.9. The third-order valence-electron chi connectivity index (χ3n) is 5.19. The van der Waals surface area contributed by atoms with Crippen LogP contribution in [0.15, 0.2) is 53.3 Å². The number of amides is 2. The summed E-state index contributed by atoms with van der Waals surface area (Å²) in [6.07, 6.45) is 0.896. The van der Waals surface area contributed by atoms with Gasteiger partial charge >= 0.3 is 0 Å². The van der Waals surface area contributed by atoms with Crippen molar-refractivity contribution in [2.24, 2.45) is 0 Å². The van der Waals surface area contributed by atoms with Gasteiger partial charge in [0.2, 0.25) is 17.8 Å². The maximum atomic E-state index is 12.8. The van der Waals surface area contributed by atoms with Crippen LogP contribution in [-0.4, -0.2) is 35.0 Å². The molecule has 8 nitrogen and oxygen atoms in total. The number of ether oxygens (including phenoxy) is 1. The molecule has 0 radical (unpaired) electrons. The predicted octanol–water partition coefficient (Wildman–Crippen LogP) is 2.73. The van der Waals surface area contributed by atoms with E-state index >= 15 is 0 Å². The molecule has 0 spiro atoms. The van der Waals surface area contributed by atoms with Gasteiger partial charge in [0.1, 0.15) is 11.8 Å². The Morgan fingerprint density at radius 3 is 2.73 bits per heavy atom. The van der Waals surface area contributed by atoms with Crippen molar-refractivity contribution in [1.29, 1.82) is 0 Å². The molecule has 154 valence electrons. The van der Waals surface area contributed by atoms with Crippen molar-refractivity contribution in [1.82, 2.24) is 9.55 Å². The van der Waals surface area contributed by atoms with Crippen LogP contribution in [0.2, 0.25) is 0 Å². The van der Waals surface area contributed by atoms with Crippen LogP contribution in [0, 0.1) is 0 Å². The van der Waals surface area contributed by atoms with Crippen molar-refractivity contribution in [3.8, 4) is 5.75 Å². The van der Waals surface area contributed by atoms with E-state index in [4.69, 9.17) is 4.74 Å². The lowest BCUT2D eigenvalue weighted by atomic mass is 10.2. The molecule has 0 fully saturated rings. The number of aromatic nitrogens is 2. The minimum absolute atomic E-state index is 0.00692. The number of para-hydroxylation sites is 1. The SMILES string of the molecule is CC1C(=O)Nc2nc3ccc(OCCCC(=O)N(C)c4ccccc4)cc3c(=O)n21. The van der Waals surface area contributed by atoms with E-state index in [0.717, 1.165) is 5.69 Å². The first-order valence-corrected chi connectivity index (χ1v) is 9.77. The zero-order valence-corrected chi connectivity index (χ0v) is 16.8. The van der Waals surface area contributed by atoms with Crippen LogP contribution in [-0.2, 0) is 9.59 Å². The van der Waals surface area contributed by atoms with E-state index in [1.165, 1.54) is 4.57 Å². The van der Waals surface area contributed by atoms with Crippen LogP contribution in [0.25, 0.3) is 10.9 Å². The number of carbonyl (C=O) groups is 2. The molecule has 2 amide bonds. The van der Waals surface area contributed by atoms with Gasteiger partial charge in [0.25, 0.3) is 5.56 Å². The largest absolute Gasteiger partial charge is 0.494 e. The van der Waals surface area contributed by atoms with E-state index < -0.39 is 6.04 Å². The molecule has 1 aromatic heterocycles. The Bertz CT molecular complexity index is 1170. The second kappa shape index (κ2) is 7.98. The molecule has 0 saturated carbocycles. The van der Waals surface area contributed by atoms with Crippen LogP contribution in [0.5, 0.6) is 5.75 Å². The van der Waals surface area contributed by atoms with Crippen LogP contribution < -0.4 is 20.5 Å². The zero-order chi connectivity index (χ0) is 21.3. The van der Waals surface area contributed by atoms with Crippen molar-refractivity contribution in [3.63, 3.8) is 0 Å². The highest BCUT2D eigenvalue weighted by molar-refractivity contribution is 5.97. The summed E-state index contributed by atoms with van der Waals surface area (Å²) in [7, 11) is 1.75. The molecule has 1 unspecified atom stereocenters. The van der Waals surface area contributed by atoms with Gasteiger partial charge in [-0.25, -0.2) is 4.98 Å². The monoisotopic (exact) mass is 406 g/mol. The van der Waals surface area contributed by atoms with Gasteiger partial charge in [-0.05, 0) is 43.7 Å². The number of fused-ring (bicyclic) bond motifs is 2. The van der Waals surface area contributed by atoms with Gasteiger partial charge in [-0.2, -0.15) is 0 Å². The van der Waals surface area contributed by atoms with Crippen LogP contribution in [0.3, 0.4) is 0 Å². The summed E-state index contributed by atoms with van der Waals surface area (Å²) in [5, 5.41) is 3.00. The van der Waals surface area contributed by atoms with Gasteiger partial charge in [0.15, 0.2) is 0 Å². The lowest BCUT2D eigenvalue weighted by Crippen LogP contribution is -2.26. The molecule has 1 atom stereocenters. The summed E-state index contributed by atoms with van der Waals surface area (Å²) in [5.41, 5.74) is 1.05. The molecule has 2 aromatic carbocycles.